The Balaban J connectivity index is 1.38. The van der Waals surface area contributed by atoms with Crippen molar-refractivity contribution >= 4 is 28.4 Å². The van der Waals surface area contributed by atoms with Gasteiger partial charge >= 0.3 is 0 Å². The molecule has 1 aliphatic heterocycles. The summed E-state index contributed by atoms with van der Waals surface area (Å²) in [6, 6.07) is 17.9. The molecule has 0 radical (unpaired) electrons. The zero-order valence-electron chi connectivity index (χ0n) is 18.6. The van der Waals surface area contributed by atoms with Crippen LogP contribution in [0.15, 0.2) is 71.3 Å². The molecule has 0 saturated carbocycles. The van der Waals surface area contributed by atoms with E-state index in [2.05, 4.69) is 10.3 Å². The molecule has 0 unspecified atom stereocenters. The van der Waals surface area contributed by atoms with Gasteiger partial charge in [-0.05, 0) is 43.3 Å². The molecule has 0 saturated heterocycles. The van der Waals surface area contributed by atoms with Crippen LogP contribution < -0.4 is 14.8 Å². The number of para-hydroxylation sites is 1. The number of carbonyl (C=O) groups excluding carboxylic acids is 2. The number of carbonyl (C=O) groups is 2. The number of furan rings is 1. The van der Waals surface area contributed by atoms with E-state index in [9.17, 15) is 9.59 Å². The van der Waals surface area contributed by atoms with Gasteiger partial charge in [-0.25, -0.2) is 4.98 Å². The van der Waals surface area contributed by atoms with E-state index in [1.165, 1.54) is 4.90 Å². The number of aromatic nitrogens is 1. The molecule has 0 atom stereocenters. The molecule has 0 aliphatic carbocycles. The van der Waals surface area contributed by atoms with Gasteiger partial charge in [-0.3, -0.25) is 9.59 Å². The average Bonchev–Trinajstić information content (AvgIpc) is 3.41. The minimum atomic E-state index is -0.309. The number of likely N-dealkylation sites (N-methyl/N-ethyl adjacent to an activating group) is 1. The predicted molar refractivity (Wildman–Crippen MR) is 127 cm³/mol. The molecule has 1 N–H and O–H groups in total. The number of fused-ring (bicyclic) bond motifs is 2. The van der Waals surface area contributed by atoms with Crippen molar-refractivity contribution < 1.29 is 23.5 Å². The fourth-order valence-electron chi connectivity index (χ4n) is 3.90. The molecule has 8 heteroatoms. The third-order valence-electron chi connectivity index (χ3n) is 5.55. The van der Waals surface area contributed by atoms with Gasteiger partial charge in [0.1, 0.15) is 25.5 Å². The van der Waals surface area contributed by atoms with Gasteiger partial charge in [-0.15, -0.1) is 0 Å². The van der Waals surface area contributed by atoms with E-state index < -0.39 is 0 Å². The number of anilines is 1. The molecule has 0 bridgehead atoms. The van der Waals surface area contributed by atoms with E-state index in [1.807, 2.05) is 31.2 Å². The molecular weight excluding hydrogens is 434 g/mol. The molecule has 2 amide bonds. The molecular formula is C26H23N3O5. The first-order valence-electron chi connectivity index (χ1n) is 11.0. The Morgan fingerprint density at radius 2 is 1.82 bits per heavy atom. The minimum Gasteiger partial charge on any atom is -0.486 e. The molecule has 5 rings (SSSR count). The van der Waals surface area contributed by atoms with Crippen LogP contribution >= 0.6 is 0 Å². The quantitative estimate of drug-likeness (QED) is 0.462. The van der Waals surface area contributed by atoms with Crippen molar-refractivity contribution in [1.82, 2.24) is 9.88 Å². The van der Waals surface area contributed by atoms with Crippen LogP contribution in [0.1, 0.15) is 17.3 Å². The van der Waals surface area contributed by atoms with Gasteiger partial charge in [0.25, 0.3) is 5.91 Å². The van der Waals surface area contributed by atoms with E-state index in [0.717, 1.165) is 0 Å². The van der Waals surface area contributed by atoms with Crippen molar-refractivity contribution in [3.8, 4) is 23.0 Å². The number of hydrogen-bond donors (Lipinski definition) is 1. The highest BCUT2D eigenvalue weighted by molar-refractivity contribution is 6.08. The predicted octanol–water partition coefficient (Wildman–Crippen LogP) is 4.37. The minimum absolute atomic E-state index is 0.101. The summed E-state index contributed by atoms with van der Waals surface area (Å²) in [4.78, 5) is 32.5. The maximum absolute atomic E-state index is 13.5. The van der Waals surface area contributed by atoms with Gasteiger partial charge in [0, 0.05) is 23.7 Å². The lowest BCUT2D eigenvalue weighted by Crippen LogP contribution is -2.38. The smallest absolute Gasteiger partial charge is 0.255 e. The van der Waals surface area contributed by atoms with Crippen LogP contribution in [-0.2, 0) is 4.79 Å². The van der Waals surface area contributed by atoms with Crippen molar-refractivity contribution in [2.75, 3.05) is 31.6 Å². The first-order valence-corrected chi connectivity index (χ1v) is 11.0. The Kier molecular flexibility index (Phi) is 5.86. The number of nitrogens with zero attached hydrogens (tertiary/aromatic N) is 2. The highest BCUT2D eigenvalue weighted by atomic mass is 16.6. The lowest BCUT2D eigenvalue weighted by Gasteiger charge is -2.22. The number of hydrogen-bond acceptors (Lipinski definition) is 6. The summed E-state index contributed by atoms with van der Waals surface area (Å²) in [6.45, 7) is 3.06. The van der Waals surface area contributed by atoms with Gasteiger partial charge in [0.2, 0.25) is 5.91 Å². The van der Waals surface area contributed by atoms with E-state index >= 15 is 0 Å². The number of benzene rings is 2. The molecule has 2 aromatic heterocycles. The van der Waals surface area contributed by atoms with Crippen molar-refractivity contribution in [1.29, 1.82) is 0 Å². The average molecular weight is 457 g/mol. The first-order chi connectivity index (χ1) is 16.6. The first kappa shape index (κ1) is 21.5. The summed E-state index contributed by atoms with van der Waals surface area (Å²) >= 11 is 0. The molecule has 1 aliphatic rings. The van der Waals surface area contributed by atoms with Crippen LogP contribution in [0.3, 0.4) is 0 Å². The zero-order chi connectivity index (χ0) is 23.5. The third-order valence-corrected chi connectivity index (χ3v) is 5.55. The van der Waals surface area contributed by atoms with Gasteiger partial charge in [-0.2, -0.15) is 0 Å². The summed E-state index contributed by atoms with van der Waals surface area (Å²) in [5.74, 6) is 1.23. The highest BCUT2D eigenvalue weighted by Gasteiger charge is 2.22. The Hall–Kier alpha value is -4.33. The fraction of sp³-hybridized carbons (Fsp3) is 0.192. The summed E-state index contributed by atoms with van der Waals surface area (Å²) in [6.07, 6.45) is 1.56. The summed E-state index contributed by atoms with van der Waals surface area (Å²) < 4.78 is 16.6. The SMILES string of the molecule is CCN(CC(=O)Nc1ccc2c(c1)OCCO2)C(=O)c1cc(-c2ccco2)nc2ccccc12. The van der Waals surface area contributed by atoms with Gasteiger partial charge < -0.3 is 24.1 Å². The van der Waals surface area contributed by atoms with Crippen LogP contribution in [0, 0.1) is 0 Å². The maximum atomic E-state index is 13.5. The van der Waals surface area contributed by atoms with Crippen molar-refractivity contribution in [3.63, 3.8) is 0 Å². The van der Waals surface area contributed by atoms with Crippen LogP contribution in [0.5, 0.6) is 11.5 Å². The molecule has 8 nitrogen and oxygen atoms in total. The molecule has 3 heterocycles. The Morgan fingerprint density at radius 3 is 2.62 bits per heavy atom. The molecule has 2 aromatic carbocycles. The van der Waals surface area contributed by atoms with Crippen molar-refractivity contribution in [2.24, 2.45) is 0 Å². The van der Waals surface area contributed by atoms with E-state index in [-0.39, 0.29) is 18.4 Å². The van der Waals surface area contributed by atoms with E-state index in [4.69, 9.17) is 13.9 Å². The number of pyridine rings is 1. The zero-order valence-corrected chi connectivity index (χ0v) is 18.6. The lowest BCUT2D eigenvalue weighted by atomic mass is 10.1. The Bertz CT molecular complexity index is 1350. The van der Waals surface area contributed by atoms with E-state index in [1.54, 1.807) is 42.7 Å². The topological polar surface area (TPSA) is 93.9 Å². The second-order valence-electron chi connectivity index (χ2n) is 7.78. The molecule has 4 aromatic rings. The number of amides is 2. The summed E-state index contributed by atoms with van der Waals surface area (Å²) in [5.41, 5.74) is 2.28. The van der Waals surface area contributed by atoms with Crippen molar-refractivity contribution in [3.05, 3.63) is 72.5 Å². The highest BCUT2D eigenvalue weighted by Crippen LogP contribution is 2.32. The van der Waals surface area contributed by atoms with Crippen molar-refractivity contribution in [2.45, 2.75) is 6.92 Å². The number of nitrogens with one attached hydrogen (secondary N) is 1. The van der Waals surface area contributed by atoms with Gasteiger partial charge in [-0.1, -0.05) is 18.2 Å². The number of rotatable bonds is 6. The monoisotopic (exact) mass is 457 g/mol. The second-order valence-corrected chi connectivity index (χ2v) is 7.78. The number of ether oxygens (including phenoxy) is 2. The van der Waals surface area contributed by atoms with Crippen LogP contribution in [-0.4, -0.2) is 48.0 Å². The third kappa shape index (κ3) is 4.30. The van der Waals surface area contributed by atoms with Crippen LogP contribution in [0.4, 0.5) is 5.69 Å². The second kappa shape index (κ2) is 9.27. The largest absolute Gasteiger partial charge is 0.486 e. The molecule has 34 heavy (non-hydrogen) atoms. The molecule has 172 valence electrons. The summed E-state index contributed by atoms with van der Waals surface area (Å²) in [5, 5.41) is 3.55. The lowest BCUT2D eigenvalue weighted by molar-refractivity contribution is -0.116. The van der Waals surface area contributed by atoms with E-state index in [0.29, 0.717) is 64.9 Å². The fourth-order valence-corrected chi connectivity index (χ4v) is 3.90. The van der Waals surface area contributed by atoms with Gasteiger partial charge in [0.15, 0.2) is 17.3 Å². The maximum Gasteiger partial charge on any atom is 0.255 e. The Labute approximate surface area is 196 Å². The molecule has 0 spiro atoms. The van der Waals surface area contributed by atoms with Crippen LogP contribution in [0.2, 0.25) is 0 Å². The molecule has 0 fully saturated rings. The van der Waals surface area contributed by atoms with Crippen LogP contribution in [0.25, 0.3) is 22.4 Å². The Morgan fingerprint density at radius 1 is 1.00 bits per heavy atom. The normalized spacial score (nSPS) is 12.4. The van der Waals surface area contributed by atoms with Gasteiger partial charge in [0.05, 0.1) is 17.3 Å². The standard InChI is InChI=1S/C26H23N3O5/c1-2-29(16-25(30)27-17-9-10-23-24(14-17)34-13-12-33-23)26(31)19-15-21(22-8-5-11-32-22)28-20-7-4-3-6-18(19)20/h3-11,14-15H,2,12-13,16H2,1H3,(H,27,30). The summed E-state index contributed by atoms with van der Waals surface area (Å²) in [7, 11) is 0.